The molecule has 2 heterocycles. The van der Waals surface area contributed by atoms with Crippen molar-refractivity contribution in [1.82, 2.24) is 14.1 Å². The molecule has 8 nitrogen and oxygen atoms in total. The molecule has 6 N–H and O–H groups in total. The molecule has 38 heavy (non-hydrogen) atoms. The zero-order chi connectivity index (χ0) is 27.1. The highest BCUT2D eigenvalue weighted by atomic mass is 79.9. The summed E-state index contributed by atoms with van der Waals surface area (Å²) >= 11 is 3.66. The van der Waals surface area contributed by atoms with Crippen molar-refractivity contribution in [3.05, 3.63) is 110 Å². The molecule has 2 aromatic heterocycles. The van der Waals surface area contributed by atoms with E-state index >= 15 is 0 Å². The molecule has 0 bridgehead atoms. The first kappa shape index (κ1) is 25.4. The highest BCUT2D eigenvalue weighted by Gasteiger charge is 2.20. The first-order valence-electron chi connectivity index (χ1n) is 12.2. The van der Waals surface area contributed by atoms with Crippen molar-refractivity contribution in [3.63, 3.8) is 0 Å². The Morgan fingerprint density at radius 1 is 0.921 bits per heavy atom. The van der Waals surface area contributed by atoms with Gasteiger partial charge in [0, 0.05) is 29.8 Å². The van der Waals surface area contributed by atoms with E-state index in [2.05, 4.69) is 29.8 Å². The smallest absolute Gasteiger partial charge is 0.277 e. The molecule has 0 aliphatic heterocycles. The number of nitrogens with two attached hydrogens (primary N) is 2. The van der Waals surface area contributed by atoms with E-state index in [9.17, 15) is 4.79 Å². The van der Waals surface area contributed by atoms with Crippen LogP contribution in [0.2, 0.25) is 0 Å². The van der Waals surface area contributed by atoms with Crippen molar-refractivity contribution in [1.29, 1.82) is 10.8 Å². The lowest BCUT2D eigenvalue weighted by atomic mass is 10.0. The van der Waals surface area contributed by atoms with Gasteiger partial charge in [-0.25, -0.2) is 4.98 Å². The molecule has 0 saturated carbocycles. The largest absolute Gasteiger partial charge is 0.384 e. The predicted octanol–water partition coefficient (Wildman–Crippen LogP) is 4.90. The van der Waals surface area contributed by atoms with Crippen LogP contribution in [0.25, 0.3) is 21.8 Å². The number of nitrogens with one attached hydrogen (secondary N) is 2. The fourth-order valence-corrected chi connectivity index (χ4v) is 5.27. The van der Waals surface area contributed by atoms with Gasteiger partial charge in [0.1, 0.15) is 28.5 Å². The Hall–Kier alpha value is -4.24. The maximum absolute atomic E-state index is 13.9. The highest BCUT2D eigenvalue weighted by molar-refractivity contribution is 9.10. The lowest BCUT2D eigenvalue weighted by Crippen LogP contribution is -2.23. The van der Waals surface area contributed by atoms with Gasteiger partial charge in [0.2, 0.25) is 0 Å². The first-order valence-corrected chi connectivity index (χ1v) is 13.0. The number of amidine groups is 2. The number of nitrogen functional groups attached to an aromatic ring is 2. The molecule has 5 aromatic rings. The second kappa shape index (κ2) is 9.90. The van der Waals surface area contributed by atoms with Crippen LogP contribution in [-0.4, -0.2) is 25.8 Å². The van der Waals surface area contributed by atoms with Crippen LogP contribution in [0.4, 0.5) is 0 Å². The van der Waals surface area contributed by atoms with Crippen LogP contribution < -0.4 is 17.0 Å². The number of aromatic nitrogens is 3. The fraction of sp³-hybridized carbons (Fsp3) is 0.172. The van der Waals surface area contributed by atoms with Gasteiger partial charge in [0.15, 0.2) is 0 Å². The Balaban J connectivity index is 1.62. The molecule has 9 heteroatoms. The number of rotatable bonds is 7. The Bertz CT molecular complexity index is 1800. The molecule has 0 amide bonds. The summed E-state index contributed by atoms with van der Waals surface area (Å²) in [6, 6.07) is 19.2. The molecule has 0 radical (unpaired) electrons. The minimum absolute atomic E-state index is 0.00216. The van der Waals surface area contributed by atoms with Gasteiger partial charge in [-0.3, -0.25) is 15.6 Å². The normalized spacial score (nSPS) is 11.5. The molecule has 0 aliphatic rings. The second-order valence-corrected chi connectivity index (χ2v) is 10.6. The topological polar surface area (TPSA) is 140 Å². The second-order valence-electron chi connectivity index (χ2n) is 9.74. The summed E-state index contributed by atoms with van der Waals surface area (Å²) < 4.78 is 4.41. The van der Waals surface area contributed by atoms with Gasteiger partial charge < -0.3 is 20.6 Å². The van der Waals surface area contributed by atoms with Crippen molar-refractivity contribution in [2.45, 2.75) is 32.9 Å². The molecule has 0 atom stereocenters. The minimum atomic E-state index is -0.136. The summed E-state index contributed by atoms with van der Waals surface area (Å²) in [6.45, 7) is 4.91. The van der Waals surface area contributed by atoms with E-state index in [-0.39, 0.29) is 23.1 Å². The number of halogens is 1. The Morgan fingerprint density at radius 3 is 2.32 bits per heavy atom. The van der Waals surface area contributed by atoms with Crippen molar-refractivity contribution in [2.24, 2.45) is 11.5 Å². The molecule has 0 saturated heterocycles. The number of imidazole rings is 1. The standard InChI is InChI=1S/C29H28BrN7O/c1-16(2)28-35-24-23(30)15-36(13-18-6-7-19-8-9-21(27(33)34)12-22(19)11-18)29(38)25(24)37(28)14-17-4-3-5-20(10-17)26(31)32/h3-12,15-16H,13-14H2,1-2H3,(H3,31,32)(H3,33,34). The van der Waals surface area contributed by atoms with Crippen LogP contribution >= 0.6 is 15.9 Å². The van der Waals surface area contributed by atoms with Crippen molar-refractivity contribution in [3.8, 4) is 0 Å². The van der Waals surface area contributed by atoms with Crippen LogP contribution in [0.1, 0.15) is 47.8 Å². The monoisotopic (exact) mass is 569 g/mol. The quantitative estimate of drug-likeness (QED) is 0.163. The van der Waals surface area contributed by atoms with Crippen molar-refractivity contribution < 1.29 is 0 Å². The average molecular weight is 570 g/mol. The summed E-state index contributed by atoms with van der Waals surface area (Å²) in [7, 11) is 0. The van der Waals surface area contributed by atoms with Crippen molar-refractivity contribution in [2.75, 3.05) is 0 Å². The maximum atomic E-state index is 13.9. The first-order chi connectivity index (χ1) is 18.1. The zero-order valence-electron chi connectivity index (χ0n) is 21.1. The average Bonchev–Trinajstić information content (AvgIpc) is 3.27. The molecular weight excluding hydrogens is 542 g/mol. The number of fused-ring (bicyclic) bond motifs is 2. The third-order valence-corrected chi connectivity index (χ3v) is 7.20. The molecular formula is C29H28BrN7O. The maximum Gasteiger partial charge on any atom is 0.277 e. The molecule has 0 fully saturated rings. The predicted molar refractivity (Wildman–Crippen MR) is 156 cm³/mol. The van der Waals surface area contributed by atoms with Gasteiger partial charge in [-0.2, -0.15) is 0 Å². The number of hydrogen-bond acceptors (Lipinski definition) is 4. The van der Waals surface area contributed by atoms with E-state index < -0.39 is 0 Å². The lowest BCUT2D eigenvalue weighted by molar-refractivity contribution is 0.677. The summed E-state index contributed by atoms with van der Waals surface area (Å²) in [5.41, 5.74) is 15.6. The minimum Gasteiger partial charge on any atom is -0.384 e. The summed E-state index contributed by atoms with van der Waals surface area (Å²) in [6.07, 6.45) is 1.79. The van der Waals surface area contributed by atoms with E-state index in [1.165, 1.54) is 0 Å². The van der Waals surface area contributed by atoms with Crippen LogP contribution in [0.15, 0.2) is 76.1 Å². The van der Waals surface area contributed by atoms with E-state index in [1.54, 1.807) is 16.8 Å². The van der Waals surface area contributed by atoms with E-state index in [4.69, 9.17) is 27.3 Å². The summed E-state index contributed by atoms with van der Waals surface area (Å²) in [4.78, 5) is 18.7. The molecule has 0 spiro atoms. The van der Waals surface area contributed by atoms with Gasteiger partial charge in [-0.15, -0.1) is 0 Å². The summed E-state index contributed by atoms with van der Waals surface area (Å²) in [5.74, 6) is 0.925. The van der Waals surface area contributed by atoms with E-state index in [0.29, 0.717) is 35.2 Å². The number of benzene rings is 3. The van der Waals surface area contributed by atoms with Crippen molar-refractivity contribution >= 4 is 49.4 Å². The molecule has 192 valence electrons. The Kier molecular flexibility index (Phi) is 6.62. The zero-order valence-corrected chi connectivity index (χ0v) is 22.7. The van der Waals surface area contributed by atoms with Crippen LogP contribution in [0.3, 0.4) is 0 Å². The SMILES string of the molecule is CC(C)c1nc2c(Br)cn(Cc3ccc4ccc(C(=N)N)cc4c3)c(=O)c2n1Cc1cccc(C(=N)N)c1. The Labute approximate surface area is 228 Å². The Morgan fingerprint density at radius 2 is 1.61 bits per heavy atom. The van der Waals surface area contributed by atoms with Gasteiger partial charge in [0.25, 0.3) is 5.56 Å². The number of nitrogens with zero attached hydrogens (tertiary/aromatic N) is 3. The van der Waals surface area contributed by atoms with Gasteiger partial charge in [-0.1, -0.05) is 56.3 Å². The molecule has 0 aliphatic carbocycles. The van der Waals surface area contributed by atoms with E-state index in [1.807, 2.05) is 59.2 Å². The molecule has 5 rings (SSSR count). The van der Waals surface area contributed by atoms with Gasteiger partial charge in [0.05, 0.1) is 11.0 Å². The third kappa shape index (κ3) is 4.72. The van der Waals surface area contributed by atoms with Gasteiger partial charge in [-0.05, 0) is 56.0 Å². The highest BCUT2D eigenvalue weighted by Crippen LogP contribution is 2.27. The number of pyridine rings is 1. The van der Waals surface area contributed by atoms with Crippen LogP contribution in [-0.2, 0) is 13.1 Å². The van der Waals surface area contributed by atoms with Crippen LogP contribution in [0, 0.1) is 10.8 Å². The molecule has 0 unspecified atom stereocenters. The fourth-order valence-electron chi connectivity index (χ4n) is 4.74. The van der Waals surface area contributed by atoms with Crippen LogP contribution in [0.5, 0.6) is 0 Å². The third-order valence-electron chi connectivity index (χ3n) is 6.62. The van der Waals surface area contributed by atoms with Gasteiger partial charge >= 0.3 is 0 Å². The van der Waals surface area contributed by atoms with E-state index in [0.717, 1.165) is 32.2 Å². The summed E-state index contributed by atoms with van der Waals surface area (Å²) in [5, 5.41) is 17.5. The lowest BCUT2D eigenvalue weighted by Gasteiger charge is -2.13. The molecule has 3 aromatic carbocycles. The number of hydrogen-bond donors (Lipinski definition) is 4.